The standard InChI is InChI=1S/C15H22N6O/c1-11(2)21-10-14(8-18-21)19-15(22)20-5-3-4-12(9-20)13-6-16-17-7-13/h6-8,10-12H,3-5,9H2,1-2H3,(H,16,17)(H,19,22). The number of rotatable bonds is 3. The third kappa shape index (κ3) is 3.13. The molecule has 0 aliphatic carbocycles. The topological polar surface area (TPSA) is 78.8 Å². The number of hydrogen-bond donors (Lipinski definition) is 2. The van der Waals surface area contributed by atoms with E-state index in [1.165, 1.54) is 5.56 Å². The summed E-state index contributed by atoms with van der Waals surface area (Å²) in [5.41, 5.74) is 1.91. The quantitative estimate of drug-likeness (QED) is 0.914. The molecule has 1 unspecified atom stereocenters. The first-order valence-corrected chi connectivity index (χ1v) is 7.72. The van der Waals surface area contributed by atoms with Crippen molar-refractivity contribution in [3.05, 3.63) is 30.4 Å². The fourth-order valence-electron chi connectivity index (χ4n) is 2.81. The number of aromatic amines is 1. The van der Waals surface area contributed by atoms with E-state index in [-0.39, 0.29) is 12.1 Å². The van der Waals surface area contributed by atoms with E-state index in [1.807, 2.05) is 28.2 Å². The van der Waals surface area contributed by atoms with Gasteiger partial charge in [0.2, 0.25) is 0 Å². The number of nitrogens with one attached hydrogen (secondary N) is 2. The van der Waals surface area contributed by atoms with Crippen LogP contribution in [0.15, 0.2) is 24.8 Å². The van der Waals surface area contributed by atoms with Crippen LogP contribution in [0.2, 0.25) is 0 Å². The summed E-state index contributed by atoms with van der Waals surface area (Å²) >= 11 is 0. The van der Waals surface area contributed by atoms with Gasteiger partial charge in [-0.3, -0.25) is 9.78 Å². The maximum absolute atomic E-state index is 12.4. The smallest absolute Gasteiger partial charge is 0.321 e. The molecule has 3 heterocycles. The van der Waals surface area contributed by atoms with Gasteiger partial charge in [-0.05, 0) is 32.3 Å². The third-order valence-corrected chi connectivity index (χ3v) is 4.08. The molecule has 7 nitrogen and oxygen atoms in total. The van der Waals surface area contributed by atoms with Crippen LogP contribution in [0.1, 0.15) is 44.2 Å². The van der Waals surface area contributed by atoms with E-state index < -0.39 is 0 Å². The van der Waals surface area contributed by atoms with Crippen molar-refractivity contribution in [2.75, 3.05) is 18.4 Å². The van der Waals surface area contributed by atoms with Crippen LogP contribution >= 0.6 is 0 Å². The molecule has 0 bridgehead atoms. The van der Waals surface area contributed by atoms with Gasteiger partial charge in [-0.15, -0.1) is 0 Å². The van der Waals surface area contributed by atoms with Crippen molar-refractivity contribution < 1.29 is 4.79 Å². The first kappa shape index (κ1) is 14.6. The molecule has 1 saturated heterocycles. The number of aromatic nitrogens is 4. The van der Waals surface area contributed by atoms with Crippen LogP contribution in [-0.2, 0) is 0 Å². The molecular weight excluding hydrogens is 280 g/mol. The highest BCUT2D eigenvalue weighted by molar-refractivity contribution is 5.89. The van der Waals surface area contributed by atoms with Gasteiger partial charge in [-0.1, -0.05) is 0 Å². The van der Waals surface area contributed by atoms with Crippen LogP contribution in [-0.4, -0.2) is 44.0 Å². The van der Waals surface area contributed by atoms with Crippen molar-refractivity contribution >= 4 is 11.7 Å². The first-order chi connectivity index (χ1) is 10.6. The van der Waals surface area contributed by atoms with Crippen molar-refractivity contribution in [2.24, 2.45) is 0 Å². The molecule has 2 N–H and O–H groups in total. The molecule has 0 radical (unpaired) electrons. The van der Waals surface area contributed by atoms with Gasteiger partial charge < -0.3 is 10.2 Å². The summed E-state index contributed by atoms with van der Waals surface area (Å²) in [6.45, 7) is 5.62. The Kier molecular flexibility index (Phi) is 4.13. The largest absolute Gasteiger partial charge is 0.324 e. The summed E-state index contributed by atoms with van der Waals surface area (Å²) in [6.07, 6.45) is 9.41. The fourth-order valence-corrected chi connectivity index (χ4v) is 2.81. The molecule has 2 aromatic rings. The summed E-state index contributed by atoms with van der Waals surface area (Å²) in [5, 5.41) is 14.0. The Bertz CT molecular complexity index is 618. The Morgan fingerprint density at radius 2 is 2.32 bits per heavy atom. The Hall–Kier alpha value is -2.31. The number of nitrogens with zero attached hydrogens (tertiary/aromatic N) is 4. The molecule has 2 aromatic heterocycles. The highest BCUT2D eigenvalue weighted by Gasteiger charge is 2.25. The highest BCUT2D eigenvalue weighted by atomic mass is 16.2. The van der Waals surface area contributed by atoms with Crippen LogP contribution in [0.4, 0.5) is 10.5 Å². The Balaban J connectivity index is 1.61. The predicted octanol–water partition coefficient (Wildman–Crippen LogP) is 2.60. The van der Waals surface area contributed by atoms with Crippen LogP contribution in [0, 0.1) is 0 Å². The summed E-state index contributed by atoms with van der Waals surface area (Å²) < 4.78 is 1.83. The molecule has 22 heavy (non-hydrogen) atoms. The zero-order valence-electron chi connectivity index (χ0n) is 13.0. The molecular formula is C15H22N6O. The minimum atomic E-state index is -0.0588. The van der Waals surface area contributed by atoms with E-state index in [0.717, 1.165) is 31.6 Å². The van der Waals surface area contributed by atoms with Gasteiger partial charge in [0.15, 0.2) is 0 Å². The number of likely N-dealkylation sites (tertiary alicyclic amines) is 1. The van der Waals surface area contributed by atoms with E-state index in [2.05, 4.69) is 34.5 Å². The van der Waals surface area contributed by atoms with Crippen LogP contribution in [0.5, 0.6) is 0 Å². The molecule has 1 aliphatic rings. The van der Waals surface area contributed by atoms with Gasteiger partial charge in [0, 0.05) is 37.4 Å². The monoisotopic (exact) mass is 302 g/mol. The lowest BCUT2D eigenvalue weighted by molar-refractivity contribution is 0.193. The molecule has 1 fully saturated rings. The lowest BCUT2D eigenvalue weighted by Crippen LogP contribution is -2.41. The van der Waals surface area contributed by atoms with Crippen molar-refractivity contribution in [2.45, 2.75) is 38.6 Å². The van der Waals surface area contributed by atoms with Crippen molar-refractivity contribution in [3.8, 4) is 0 Å². The molecule has 118 valence electrons. The molecule has 7 heteroatoms. The Morgan fingerprint density at radius 1 is 1.45 bits per heavy atom. The zero-order chi connectivity index (χ0) is 15.5. The van der Waals surface area contributed by atoms with Gasteiger partial charge in [0.1, 0.15) is 0 Å². The summed E-state index contributed by atoms with van der Waals surface area (Å²) in [5.74, 6) is 0.358. The van der Waals surface area contributed by atoms with Crippen LogP contribution in [0.25, 0.3) is 0 Å². The van der Waals surface area contributed by atoms with Gasteiger partial charge in [-0.2, -0.15) is 10.2 Å². The normalized spacial score (nSPS) is 18.7. The Labute approximate surface area is 129 Å². The number of piperidine rings is 1. The van der Waals surface area contributed by atoms with Crippen LogP contribution < -0.4 is 5.32 Å². The third-order valence-electron chi connectivity index (χ3n) is 4.08. The van der Waals surface area contributed by atoms with E-state index in [0.29, 0.717) is 5.92 Å². The number of carbonyl (C=O) groups excluding carboxylic acids is 1. The maximum Gasteiger partial charge on any atom is 0.321 e. The second-order valence-corrected chi connectivity index (χ2v) is 6.05. The highest BCUT2D eigenvalue weighted by Crippen LogP contribution is 2.26. The van der Waals surface area contributed by atoms with E-state index >= 15 is 0 Å². The summed E-state index contributed by atoms with van der Waals surface area (Å²) in [4.78, 5) is 14.3. The number of H-pyrrole nitrogens is 1. The van der Waals surface area contributed by atoms with Crippen LogP contribution in [0.3, 0.4) is 0 Å². The minimum absolute atomic E-state index is 0.0588. The molecule has 2 amide bonds. The number of carbonyl (C=O) groups is 1. The lowest BCUT2D eigenvalue weighted by atomic mass is 9.93. The Morgan fingerprint density at radius 3 is 3.00 bits per heavy atom. The van der Waals surface area contributed by atoms with Gasteiger partial charge in [-0.25, -0.2) is 4.79 Å². The number of hydrogen-bond acceptors (Lipinski definition) is 3. The summed E-state index contributed by atoms with van der Waals surface area (Å²) in [7, 11) is 0. The first-order valence-electron chi connectivity index (χ1n) is 7.72. The molecule has 1 aliphatic heterocycles. The SMILES string of the molecule is CC(C)n1cc(NC(=O)N2CCCC(c3cn[nH]c3)C2)cn1. The second kappa shape index (κ2) is 6.21. The average molecular weight is 302 g/mol. The molecule has 0 aromatic carbocycles. The molecule has 3 rings (SSSR count). The maximum atomic E-state index is 12.4. The fraction of sp³-hybridized carbons (Fsp3) is 0.533. The van der Waals surface area contributed by atoms with Gasteiger partial charge >= 0.3 is 6.03 Å². The van der Waals surface area contributed by atoms with E-state index in [9.17, 15) is 4.79 Å². The second-order valence-electron chi connectivity index (χ2n) is 6.05. The van der Waals surface area contributed by atoms with Crippen molar-refractivity contribution in [3.63, 3.8) is 0 Å². The average Bonchev–Trinajstić information content (AvgIpc) is 3.19. The van der Waals surface area contributed by atoms with Gasteiger partial charge in [0.25, 0.3) is 0 Å². The number of amides is 2. The number of urea groups is 1. The molecule has 1 atom stereocenters. The van der Waals surface area contributed by atoms with Crippen molar-refractivity contribution in [1.29, 1.82) is 0 Å². The predicted molar refractivity (Wildman–Crippen MR) is 83.8 cm³/mol. The number of anilines is 1. The van der Waals surface area contributed by atoms with Gasteiger partial charge in [0.05, 0.1) is 18.1 Å². The zero-order valence-corrected chi connectivity index (χ0v) is 13.0. The lowest BCUT2D eigenvalue weighted by Gasteiger charge is -2.32. The van der Waals surface area contributed by atoms with E-state index in [4.69, 9.17) is 0 Å². The molecule has 0 saturated carbocycles. The van der Waals surface area contributed by atoms with Crippen molar-refractivity contribution in [1.82, 2.24) is 24.9 Å². The van der Waals surface area contributed by atoms with E-state index in [1.54, 1.807) is 6.20 Å². The minimum Gasteiger partial charge on any atom is -0.324 e. The molecule has 0 spiro atoms. The summed E-state index contributed by atoms with van der Waals surface area (Å²) in [6, 6.07) is 0.225.